The van der Waals surface area contributed by atoms with Gasteiger partial charge in [0.1, 0.15) is 0 Å². The van der Waals surface area contributed by atoms with Crippen LogP contribution in [0.5, 0.6) is 0 Å². The topological polar surface area (TPSA) is 68.0 Å². The summed E-state index contributed by atoms with van der Waals surface area (Å²) in [6.45, 7) is 0.134. The van der Waals surface area contributed by atoms with Crippen molar-refractivity contribution in [2.75, 3.05) is 6.67 Å². The average molecular weight is 207 g/mol. The van der Waals surface area contributed by atoms with Crippen LogP contribution in [0.4, 0.5) is 0 Å². The number of para-hydroxylation sites is 1. The molecule has 0 unspecified atom stereocenters. The van der Waals surface area contributed by atoms with Gasteiger partial charge in [0.2, 0.25) is 0 Å². The van der Waals surface area contributed by atoms with Gasteiger partial charge >= 0.3 is 0 Å². The minimum Gasteiger partial charge on any atom is -0.338 e. The molecule has 0 spiro atoms. The van der Waals surface area contributed by atoms with E-state index in [0.717, 1.165) is 10.2 Å². The van der Waals surface area contributed by atoms with Crippen molar-refractivity contribution in [3.05, 3.63) is 29.3 Å². The highest BCUT2D eigenvalue weighted by Crippen LogP contribution is 2.20. The highest BCUT2D eigenvalue weighted by atomic mass is 32.1. The molecule has 2 rings (SSSR count). The number of rotatable bonds is 2. The van der Waals surface area contributed by atoms with Crippen molar-refractivity contribution in [3.63, 3.8) is 0 Å². The number of benzene rings is 1. The molecule has 0 radical (unpaired) electrons. The van der Waals surface area contributed by atoms with Gasteiger partial charge in [0, 0.05) is 0 Å². The summed E-state index contributed by atoms with van der Waals surface area (Å²) < 4.78 is 1.01. The normalized spacial score (nSPS) is 10.4. The molecule has 1 aromatic carbocycles. The SMILES string of the molecule is NCNC(=O)c1nc2ccccc2s1. The number of carbonyl (C=O) groups excluding carboxylic acids is 1. The Bertz CT molecular complexity index is 433. The maximum Gasteiger partial charge on any atom is 0.281 e. The molecule has 14 heavy (non-hydrogen) atoms. The fraction of sp³-hybridized carbons (Fsp3) is 0.111. The zero-order valence-corrected chi connectivity index (χ0v) is 8.17. The molecule has 0 atom stereocenters. The van der Waals surface area contributed by atoms with Crippen molar-refractivity contribution < 1.29 is 4.79 Å². The molecule has 2 aromatic rings. The minimum absolute atomic E-state index is 0.134. The van der Waals surface area contributed by atoms with E-state index in [4.69, 9.17) is 5.73 Å². The molecule has 1 aromatic heterocycles. The molecule has 0 bridgehead atoms. The number of thiazole rings is 1. The van der Waals surface area contributed by atoms with E-state index in [2.05, 4.69) is 10.3 Å². The molecule has 0 aliphatic rings. The first-order valence-electron chi connectivity index (χ1n) is 4.15. The van der Waals surface area contributed by atoms with Gasteiger partial charge < -0.3 is 11.1 Å². The van der Waals surface area contributed by atoms with Gasteiger partial charge in [-0.25, -0.2) is 4.98 Å². The standard InChI is InChI=1S/C9H9N3OS/c10-5-11-8(13)9-12-6-3-1-2-4-7(6)14-9/h1-4H,5,10H2,(H,11,13). The van der Waals surface area contributed by atoms with Crippen LogP contribution in [0.25, 0.3) is 10.2 Å². The molecular weight excluding hydrogens is 198 g/mol. The summed E-state index contributed by atoms with van der Waals surface area (Å²) in [5.74, 6) is -0.214. The minimum atomic E-state index is -0.214. The Morgan fingerprint density at radius 3 is 3.00 bits per heavy atom. The van der Waals surface area contributed by atoms with Crippen LogP contribution in [0.1, 0.15) is 9.80 Å². The number of fused-ring (bicyclic) bond motifs is 1. The van der Waals surface area contributed by atoms with Crippen LogP contribution in [-0.2, 0) is 0 Å². The van der Waals surface area contributed by atoms with Crippen molar-refractivity contribution >= 4 is 27.5 Å². The van der Waals surface area contributed by atoms with Gasteiger partial charge in [-0.3, -0.25) is 4.79 Å². The van der Waals surface area contributed by atoms with Gasteiger partial charge in [0.25, 0.3) is 5.91 Å². The molecule has 0 saturated heterocycles. The largest absolute Gasteiger partial charge is 0.338 e. The summed E-state index contributed by atoms with van der Waals surface area (Å²) in [5.41, 5.74) is 6.05. The molecule has 1 amide bonds. The van der Waals surface area contributed by atoms with E-state index >= 15 is 0 Å². The predicted molar refractivity (Wildman–Crippen MR) is 56.1 cm³/mol. The molecule has 5 heteroatoms. The van der Waals surface area contributed by atoms with E-state index in [1.165, 1.54) is 11.3 Å². The third kappa shape index (κ3) is 1.59. The van der Waals surface area contributed by atoms with Crippen molar-refractivity contribution in [2.45, 2.75) is 0 Å². The van der Waals surface area contributed by atoms with Crippen LogP contribution in [0.3, 0.4) is 0 Å². The summed E-state index contributed by atoms with van der Waals surface area (Å²) in [5, 5.41) is 2.96. The van der Waals surface area contributed by atoms with E-state index < -0.39 is 0 Å². The molecule has 0 saturated carbocycles. The molecule has 4 nitrogen and oxygen atoms in total. The maximum atomic E-state index is 11.4. The number of amides is 1. The summed E-state index contributed by atoms with van der Waals surface area (Å²) in [6, 6.07) is 7.63. The lowest BCUT2D eigenvalue weighted by atomic mass is 10.3. The van der Waals surface area contributed by atoms with Crippen LogP contribution in [0, 0.1) is 0 Å². The zero-order valence-electron chi connectivity index (χ0n) is 7.36. The maximum absolute atomic E-state index is 11.4. The summed E-state index contributed by atoms with van der Waals surface area (Å²) in [4.78, 5) is 15.6. The first kappa shape index (κ1) is 9.11. The number of carbonyl (C=O) groups is 1. The number of nitrogens with one attached hydrogen (secondary N) is 1. The van der Waals surface area contributed by atoms with Gasteiger partial charge in [-0.05, 0) is 12.1 Å². The zero-order chi connectivity index (χ0) is 9.97. The molecule has 0 fully saturated rings. The third-order valence-electron chi connectivity index (χ3n) is 1.75. The van der Waals surface area contributed by atoms with Gasteiger partial charge in [-0.1, -0.05) is 12.1 Å². The van der Waals surface area contributed by atoms with Crippen LogP contribution < -0.4 is 11.1 Å². The smallest absolute Gasteiger partial charge is 0.281 e. The number of nitrogens with zero attached hydrogens (tertiary/aromatic N) is 1. The number of hydrogen-bond acceptors (Lipinski definition) is 4. The highest BCUT2D eigenvalue weighted by Gasteiger charge is 2.09. The Morgan fingerprint density at radius 2 is 2.29 bits per heavy atom. The lowest BCUT2D eigenvalue weighted by Crippen LogP contribution is -2.29. The Balaban J connectivity index is 2.40. The lowest BCUT2D eigenvalue weighted by Gasteiger charge is -1.94. The average Bonchev–Trinajstić information content (AvgIpc) is 2.61. The van der Waals surface area contributed by atoms with E-state index in [1.807, 2.05) is 24.3 Å². The van der Waals surface area contributed by atoms with Gasteiger partial charge in [-0.15, -0.1) is 11.3 Å². The fourth-order valence-electron chi connectivity index (χ4n) is 1.14. The second kappa shape index (κ2) is 3.73. The predicted octanol–water partition coefficient (Wildman–Crippen LogP) is 0.942. The van der Waals surface area contributed by atoms with E-state index in [-0.39, 0.29) is 12.6 Å². The van der Waals surface area contributed by atoms with Crippen LogP contribution in [0.2, 0.25) is 0 Å². The first-order chi connectivity index (χ1) is 6.81. The van der Waals surface area contributed by atoms with E-state index in [0.29, 0.717) is 5.01 Å². The van der Waals surface area contributed by atoms with Crippen molar-refractivity contribution in [1.29, 1.82) is 0 Å². The highest BCUT2D eigenvalue weighted by molar-refractivity contribution is 7.20. The summed E-state index contributed by atoms with van der Waals surface area (Å²) in [7, 11) is 0. The van der Waals surface area contributed by atoms with Gasteiger partial charge in [-0.2, -0.15) is 0 Å². The Hall–Kier alpha value is -1.46. The van der Waals surface area contributed by atoms with Gasteiger partial charge in [0.05, 0.1) is 16.9 Å². The first-order valence-corrected chi connectivity index (χ1v) is 4.97. The molecule has 0 aliphatic heterocycles. The second-order valence-corrected chi connectivity index (χ2v) is 3.73. The van der Waals surface area contributed by atoms with E-state index in [1.54, 1.807) is 0 Å². The van der Waals surface area contributed by atoms with Crippen molar-refractivity contribution in [1.82, 2.24) is 10.3 Å². The molecule has 72 valence electrons. The van der Waals surface area contributed by atoms with Crippen LogP contribution in [0.15, 0.2) is 24.3 Å². The lowest BCUT2D eigenvalue weighted by molar-refractivity contribution is 0.0954. The number of aromatic nitrogens is 1. The van der Waals surface area contributed by atoms with Crippen molar-refractivity contribution in [2.24, 2.45) is 5.73 Å². The Labute approximate surface area is 84.8 Å². The van der Waals surface area contributed by atoms with Gasteiger partial charge in [0.15, 0.2) is 5.01 Å². The monoisotopic (exact) mass is 207 g/mol. The third-order valence-corrected chi connectivity index (χ3v) is 2.79. The molecular formula is C9H9N3OS. The number of nitrogens with two attached hydrogens (primary N) is 1. The second-order valence-electron chi connectivity index (χ2n) is 2.70. The molecule has 0 aliphatic carbocycles. The summed E-state index contributed by atoms with van der Waals surface area (Å²) >= 11 is 1.37. The quantitative estimate of drug-likeness (QED) is 0.720. The number of hydrogen-bond donors (Lipinski definition) is 2. The summed E-state index contributed by atoms with van der Waals surface area (Å²) in [6.07, 6.45) is 0. The molecule has 3 N–H and O–H groups in total. The Kier molecular flexibility index (Phi) is 2.43. The van der Waals surface area contributed by atoms with E-state index in [9.17, 15) is 4.79 Å². The fourth-order valence-corrected chi connectivity index (χ4v) is 2.02. The Morgan fingerprint density at radius 1 is 1.50 bits per heavy atom. The molecule has 1 heterocycles. The van der Waals surface area contributed by atoms with Crippen LogP contribution in [-0.4, -0.2) is 17.6 Å². The van der Waals surface area contributed by atoms with Crippen molar-refractivity contribution in [3.8, 4) is 0 Å². The van der Waals surface area contributed by atoms with Crippen LogP contribution >= 0.6 is 11.3 Å².